The maximum Gasteiger partial charge on any atom is 0.229 e. The van der Waals surface area contributed by atoms with E-state index in [1.807, 2.05) is 45.9 Å². The second kappa shape index (κ2) is 10.6. The summed E-state index contributed by atoms with van der Waals surface area (Å²) in [5.74, 6) is -0.156. The second-order valence-electron chi connectivity index (χ2n) is 7.54. The fourth-order valence-electron chi connectivity index (χ4n) is 3.18. The van der Waals surface area contributed by atoms with Crippen molar-refractivity contribution < 1.29 is 4.39 Å². The summed E-state index contributed by atoms with van der Waals surface area (Å²) in [7, 11) is 0. The van der Waals surface area contributed by atoms with Crippen LogP contribution in [0.1, 0.15) is 29.3 Å². The van der Waals surface area contributed by atoms with Gasteiger partial charge in [0, 0.05) is 43.0 Å². The SMILES string of the molecule is C=C(/C=C\N=CC)CNCc1cn(-c2nc(Nc3cc(C)cc(C)c3)ncc2F)nc1C. The Morgan fingerprint density at radius 1 is 1.22 bits per heavy atom. The summed E-state index contributed by atoms with van der Waals surface area (Å²) in [5.41, 5.74) is 5.72. The Hall–Kier alpha value is -3.65. The highest BCUT2D eigenvalue weighted by Crippen LogP contribution is 2.19. The van der Waals surface area contributed by atoms with Gasteiger partial charge in [0.2, 0.25) is 5.95 Å². The van der Waals surface area contributed by atoms with Gasteiger partial charge in [0.1, 0.15) is 0 Å². The van der Waals surface area contributed by atoms with Crippen molar-refractivity contribution in [1.29, 1.82) is 0 Å². The maximum atomic E-state index is 14.5. The number of aromatic nitrogens is 4. The molecule has 2 aromatic heterocycles. The first-order valence-electron chi connectivity index (χ1n) is 10.3. The smallest absolute Gasteiger partial charge is 0.229 e. The van der Waals surface area contributed by atoms with Gasteiger partial charge in [-0.15, -0.1) is 0 Å². The van der Waals surface area contributed by atoms with Crippen molar-refractivity contribution in [3.63, 3.8) is 0 Å². The molecule has 0 aliphatic heterocycles. The monoisotopic (exact) mass is 433 g/mol. The van der Waals surface area contributed by atoms with Crippen molar-refractivity contribution >= 4 is 17.9 Å². The van der Waals surface area contributed by atoms with E-state index in [2.05, 4.69) is 43.3 Å². The first-order chi connectivity index (χ1) is 15.4. The molecule has 0 spiro atoms. The molecule has 0 aliphatic rings. The van der Waals surface area contributed by atoms with Crippen LogP contribution in [0.5, 0.6) is 0 Å². The van der Waals surface area contributed by atoms with Gasteiger partial charge < -0.3 is 10.6 Å². The van der Waals surface area contributed by atoms with E-state index in [-0.39, 0.29) is 5.82 Å². The third-order valence-corrected chi connectivity index (χ3v) is 4.63. The molecule has 0 unspecified atom stereocenters. The molecule has 0 radical (unpaired) electrons. The zero-order valence-corrected chi connectivity index (χ0v) is 18.9. The van der Waals surface area contributed by atoms with E-state index >= 15 is 0 Å². The number of nitrogens with one attached hydrogen (secondary N) is 2. The highest BCUT2D eigenvalue weighted by Gasteiger charge is 2.13. The van der Waals surface area contributed by atoms with Crippen molar-refractivity contribution in [1.82, 2.24) is 25.1 Å². The molecule has 0 atom stereocenters. The first-order valence-corrected chi connectivity index (χ1v) is 10.3. The molecule has 0 saturated heterocycles. The minimum absolute atomic E-state index is 0.0889. The van der Waals surface area contributed by atoms with Crippen LogP contribution in [0, 0.1) is 26.6 Å². The van der Waals surface area contributed by atoms with E-state index in [9.17, 15) is 4.39 Å². The molecule has 0 saturated carbocycles. The normalized spacial score (nSPS) is 11.5. The van der Waals surface area contributed by atoms with Crippen molar-refractivity contribution in [3.05, 3.63) is 83.2 Å². The molecule has 2 N–H and O–H groups in total. The molecule has 0 aliphatic carbocycles. The van der Waals surface area contributed by atoms with Crippen LogP contribution in [-0.4, -0.2) is 32.5 Å². The van der Waals surface area contributed by atoms with Gasteiger partial charge in [-0.05, 0) is 62.6 Å². The standard InChI is InChI=1S/C24H28FN7/c1-6-26-8-7-16(2)12-27-13-20-15-32(31-19(20)5)23-22(25)14-28-24(30-23)29-21-10-17(3)9-18(4)11-21/h6-11,14-15,27H,2,12-13H2,1,3-5H3,(H,28,29,30)/b8-7-,26-6?. The Morgan fingerprint density at radius 3 is 2.69 bits per heavy atom. The number of aliphatic imine (C=N–C) groups is 1. The first kappa shape index (κ1) is 23.0. The largest absolute Gasteiger partial charge is 0.324 e. The molecule has 8 heteroatoms. The molecule has 7 nitrogen and oxygen atoms in total. The minimum Gasteiger partial charge on any atom is -0.324 e. The van der Waals surface area contributed by atoms with Crippen molar-refractivity contribution in [3.8, 4) is 5.82 Å². The van der Waals surface area contributed by atoms with E-state index in [0.717, 1.165) is 39.8 Å². The summed E-state index contributed by atoms with van der Waals surface area (Å²) < 4.78 is 16.0. The topological polar surface area (TPSA) is 80.0 Å². The highest BCUT2D eigenvalue weighted by atomic mass is 19.1. The van der Waals surface area contributed by atoms with Crippen molar-refractivity contribution in [2.45, 2.75) is 34.2 Å². The van der Waals surface area contributed by atoms with Crippen molar-refractivity contribution in [2.75, 3.05) is 11.9 Å². The Balaban J connectivity index is 1.72. The highest BCUT2D eigenvalue weighted by molar-refractivity contribution is 5.56. The van der Waals surface area contributed by atoms with Gasteiger partial charge in [0.05, 0.1) is 11.9 Å². The zero-order valence-electron chi connectivity index (χ0n) is 18.9. The fraction of sp³-hybridized carbons (Fsp3) is 0.250. The van der Waals surface area contributed by atoms with Crippen LogP contribution >= 0.6 is 0 Å². The average molecular weight is 434 g/mol. The van der Waals surface area contributed by atoms with E-state index in [0.29, 0.717) is 19.0 Å². The molecule has 3 rings (SSSR count). The van der Waals surface area contributed by atoms with E-state index in [1.54, 1.807) is 18.6 Å². The van der Waals surface area contributed by atoms with Gasteiger partial charge in [0.25, 0.3) is 0 Å². The van der Waals surface area contributed by atoms with E-state index < -0.39 is 5.82 Å². The quantitative estimate of drug-likeness (QED) is 0.377. The number of hydrogen-bond donors (Lipinski definition) is 2. The molecule has 3 aromatic rings. The van der Waals surface area contributed by atoms with Gasteiger partial charge in [-0.3, -0.25) is 4.99 Å². The molecule has 166 valence electrons. The molecule has 2 heterocycles. The van der Waals surface area contributed by atoms with Gasteiger partial charge in [-0.1, -0.05) is 12.6 Å². The number of benzene rings is 1. The number of aryl methyl sites for hydroxylation is 3. The molecule has 0 amide bonds. The number of anilines is 2. The van der Waals surface area contributed by atoms with Crippen LogP contribution in [-0.2, 0) is 6.54 Å². The summed E-state index contributed by atoms with van der Waals surface area (Å²) in [5, 5.41) is 10.9. The van der Waals surface area contributed by atoms with Crippen LogP contribution < -0.4 is 10.6 Å². The third-order valence-electron chi connectivity index (χ3n) is 4.63. The molecule has 1 aromatic carbocycles. The Kier molecular flexibility index (Phi) is 7.62. The van der Waals surface area contributed by atoms with Crippen LogP contribution in [0.25, 0.3) is 5.82 Å². The Bertz CT molecular complexity index is 1140. The predicted octanol–water partition coefficient (Wildman–Crippen LogP) is 4.72. The summed E-state index contributed by atoms with van der Waals surface area (Å²) in [4.78, 5) is 12.4. The third kappa shape index (κ3) is 6.18. The lowest BCUT2D eigenvalue weighted by atomic mass is 10.1. The number of hydrogen-bond acceptors (Lipinski definition) is 6. The van der Waals surface area contributed by atoms with E-state index in [1.165, 1.54) is 4.68 Å². The van der Waals surface area contributed by atoms with E-state index in [4.69, 9.17) is 0 Å². The molecular weight excluding hydrogens is 405 g/mol. The average Bonchev–Trinajstić information content (AvgIpc) is 3.09. The lowest BCUT2D eigenvalue weighted by Crippen LogP contribution is -2.15. The van der Waals surface area contributed by atoms with Gasteiger partial charge in [-0.2, -0.15) is 10.1 Å². The summed E-state index contributed by atoms with van der Waals surface area (Å²) in [6.07, 6.45) is 8.19. The lowest BCUT2D eigenvalue weighted by Gasteiger charge is -2.09. The predicted molar refractivity (Wildman–Crippen MR) is 127 cm³/mol. The summed E-state index contributed by atoms with van der Waals surface area (Å²) in [6, 6.07) is 6.05. The second-order valence-corrected chi connectivity index (χ2v) is 7.54. The number of rotatable bonds is 9. The van der Waals surface area contributed by atoms with Gasteiger partial charge in [-0.25, -0.2) is 14.1 Å². The zero-order chi connectivity index (χ0) is 23.1. The molecule has 32 heavy (non-hydrogen) atoms. The number of nitrogens with zero attached hydrogens (tertiary/aromatic N) is 5. The maximum absolute atomic E-state index is 14.5. The Morgan fingerprint density at radius 2 is 1.97 bits per heavy atom. The lowest BCUT2D eigenvalue weighted by molar-refractivity contribution is 0.593. The number of halogens is 1. The molecular formula is C24H28FN7. The fourth-order valence-corrected chi connectivity index (χ4v) is 3.18. The van der Waals surface area contributed by atoms with Crippen LogP contribution in [0.3, 0.4) is 0 Å². The molecule has 0 bridgehead atoms. The molecule has 0 fully saturated rings. The van der Waals surface area contributed by atoms with Crippen LogP contribution in [0.15, 0.2) is 60.0 Å². The van der Waals surface area contributed by atoms with Crippen LogP contribution in [0.4, 0.5) is 16.0 Å². The minimum atomic E-state index is -0.548. The van der Waals surface area contributed by atoms with Crippen molar-refractivity contribution in [2.24, 2.45) is 4.99 Å². The van der Waals surface area contributed by atoms with Gasteiger partial charge in [0.15, 0.2) is 11.6 Å². The Labute approximate surface area is 187 Å². The van der Waals surface area contributed by atoms with Gasteiger partial charge >= 0.3 is 0 Å². The summed E-state index contributed by atoms with van der Waals surface area (Å²) in [6.45, 7) is 12.9. The summed E-state index contributed by atoms with van der Waals surface area (Å²) >= 11 is 0. The van der Waals surface area contributed by atoms with Crippen LogP contribution in [0.2, 0.25) is 0 Å².